The van der Waals surface area contributed by atoms with Crippen molar-refractivity contribution < 1.29 is 0 Å². The van der Waals surface area contributed by atoms with Gasteiger partial charge in [-0.05, 0) is 32.1 Å². The number of rotatable bonds is 3. The lowest BCUT2D eigenvalue weighted by Crippen LogP contribution is -2.38. The fourth-order valence-corrected chi connectivity index (χ4v) is 3.43. The minimum Gasteiger partial charge on any atom is -0.325 e. The van der Waals surface area contributed by atoms with Crippen molar-refractivity contribution in [2.45, 2.75) is 19.4 Å². The van der Waals surface area contributed by atoms with Gasteiger partial charge in [-0.1, -0.05) is 0 Å². The van der Waals surface area contributed by atoms with Gasteiger partial charge in [0.2, 0.25) is 0 Å². The normalized spacial score (nSPS) is 15.4. The van der Waals surface area contributed by atoms with Crippen molar-refractivity contribution in [3.05, 3.63) is 0 Å². The number of thiol groups is 1. The Morgan fingerprint density at radius 1 is 1.40 bits per heavy atom. The van der Waals surface area contributed by atoms with E-state index < -0.39 is 10.0 Å². The summed E-state index contributed by atoms with van der Waals surface area (Å²) in [5.41, 5.74) is 5.86. The molecule has 0 aromatic rings. The molecule has 0 radical (unpaired) electrons. The van der Waals surface area contributed by atoms with Crippen molar-refractivity contribution >= 4 is 22.7 Å². The van der Waals surface area contributed by atoms with Gasteiger partial charge < -0.3 is 5.73 Å². The molecule has 3 heteroatoms. The van der Waals surface area contributed by atoms with Crippen LogP contribution in [0.3, 0.4) is 0 Å². The molecular weight excluding hydrogens is 162 g/mol. The second-order valence-corrected chi connectivity index (χ2v) is 8.88. The zero-order chi connectivity index (χ0) is 8.41. The fourth-order valence-electron chi connectivity index (χ4n) is 1.05. The summed E-state index contributed by atoms with van der Waals surface area (Å²) in [6.45, 7) is 4.15. The van der Waals surface area contributed by atoms with E-state index in [0.717, 1.165) is 10.8 Å². The summed E-state index contributed by atoms with van der Waals surface area (Å²) in [4.78, 5) is 0. The minimum absolute atomic E-state index is 0.0262. The van der Waals surface area contributed by atoms with E-state index in [4.69, 9.17) is 5.73 Å². The van der Waals surface area contributed by atoms with Crippen molar-refractivity contribution in [3.8, 4) is 0 Å². The van der Waals surface area contributed by atoms with Crippen LogP contribution in [0.1, 0.15) is 13.8 Å². The van der Waals surface area contributed by atoms with E-state index in [1.54, 1.807) is 0 Å². The third-order valence-electron chi connectivity index (χ3n) is 1.11. The van der Waals surface area contributed by atoms with E-state index in [2.05, 4.69) is 39.0 Å². The van der Waals surface area contributed by atoms with Gasteiger partial charge >= 0.3 is 0 Å². The highest BCUT2D eigenvalue weighted by Crippen LogP contribution is 2.42. The summed E-state index contributed by atoms with van der Waals surface area (Å²) in [5, 5.41) is 0.980. The van der Waals surface area contributed by atoms with Gasteiger partial charge in [0.15, 0.2) is 0 Å². The SMILES string of the molecule is CC(C)(N)CS(C)(C)CS. The standard InChI is InChI=1S/C7H19NS2/c1-7(2,8)5-10(3,4)6-9/h9H,5-6,8H2,1-4H3. The molecule has 10 heavy (non-hydrogen) atoms. The van der Waals surface area contributed by atoms with Crippen molar-refractivity contribution in [2.75, 3.05) is 23.3 Å². The van der Waals surface area contributed by atoms with Gasteiger partial charge in [0, 0.05) is 10.6 Å². The van der Waals surface area contributed by atoms with Gasteiger partial charge in [-0.2, -0.15) is 12.6 Å². The number of hydrogen-bond acceptors (Lipinski definition) is 2. The highest BCUT2D eigenvalue weighted by atomic mass is 32.3. The molecule has 0 spiro atoms. The molecule has 0 heterocycles. The van der Waals surface area contributed by atoms with E-state index in [1.165, 1.54) is 0 Å². The van der Waals surface area contributed by atoms with E-state index in [0.29, 0.717) is 0 Å². The highest BCUT2D eigenvalue weighted by molar-refractivity contribution is 8.37. The van der Waals surface area contributed by atoms with E-state index in [-0.39, 0.29) is 5.54 Å². The molecular formula is C7H19NS2. The Hall–Kier alpha value is 0.660. The molecule has 0 aromatic carbocycles. The number of hydrogen-bond donors (Lipinski definition) is 2. The lowest BCUT2D eigenvalue weighted by Gasteiger charge is -2.35. The molecule has 0 fully saturated rings. The zero-order valence-corrected chi connectivity index (χ0v) is 9.06. The molecule has 0 unspecified atom stereocenters. The largest absolute Gasteiger partial charge is 0.325 e. The third kappa shape index (κ3) is 5.45. The topological polar surface area (TPSA) is 26.0 Å². The van der Waals surface area contributed by atoms with Crippen LogP contribution in [0, 0.1) is 0 Å². The van der Waals surface area contributed by atoms with Crippen LogP contribution in [0.25, 0.3) is 0 Å². The Morgan fingerprint density at radius 2 is 1.80 bits per heavy atom. The first-order valence-corrected chi connectivity index (χ1v) is 6.77. The maximum absolute atomic E-state index is 5.88. The Morgan fingerprint density at radius 3 is 1.90 bits per heavy atom. The maximum atomic E-state index is 5.88. The molecule has 0 atom stereocenters. The first kappa shape index (κ1) is 10.7. The second kappa shape index (κ2) is 3.37. The molecule has 0 aliphatic rings. The van der Waals surface area contributed by atoms with Crippen LogP contribution in [0.2, 0.25) is 0 Å². The molecule has 1 nitrogen and oxygen atoms in total. The summed E-state index contributed by atoms with van der Waals surface area (Å²) in [6.07, 6.45) is 4.54. The Balaban J connectivity index is 3.89. The quantitative estimate of drug-likeness (QED) is 0.637. The molecule has 0 aliphatic carbocycles. The summed E-state index contributed by atoms with van der Waals surface area (Å²) in [6, 6.07) is 0. The average Bonchev–Trinajstić information content (AvgIpc) is 1.60. The molecule has 2 N–H and O–H groups in total. The van der Waals surface area contributed by atoms with Crippen LogP contribution in [-0.4, -0.2) is 28.9 Å². The van der Waals surface area contributed by atoms with E-state index >= 15 is 0 Å². The molecule has 0 bridgehead atoms. The van der Waals surface area contributed by atoms with Crippen molar-refractivity contribution in [1.82, 2.24) is 0 Å². The predicted molar refractivity (Wildman–Crippen MR) is 56.4 cm³/mol. The van der Waals surface area contributed by atoms with Crippen molar-refractivity contribution in [2.24, 2.45) is 5.73 Å². The van der Waals surface area contributed by atoms with E-state index in [9.17, 15) is 0 Å². The predicted octanol–water partition coefficient (Wildman–Crippen LogP) is 1.68. The van der Waals surface area contributed by atoms with Gasteiger partial charge in [0.1, 0.15) is 0 Å². The summed E-state index contributed by atoms with van der Waals surface area (Å²) < 4.78 is 0. The average molecular weight is 181 g/mol. The monoisotopic (exact) mass is 181 g/mol. The number of nitrogens with two attached hydrogens (primary N) is 1. The van der Waals surface area contributed by atoms with Crippen LogP contribution < -0.4 is 5.73 Å². The van der Waals surface area contributed by atoms with Crippen LogP contribution in [-0.2, 0) is 0 Å². The summed E-state index contributed by atoms with van der Waals surface area (Å²) in [5.74, 6) is 1.10. The molecule has 0 aliphatic heterocycles. The molecule has 0 aromatic heterocycles. The molecule has 0 amide bonds. The summed E-state index contributed by atoms with van der Waals surface area (Å²) >= 11 is 4.29. The smallest absolute Gasteiger partial charge is 0.0201 e. The molecule has 0 rings (SSSR count). The van der Waals surface area contributed by atoms with Crippen LogP contribution in [0.15, 0.2) is 0 Å². The fraction of sp³-hybridized carbons (Fsp3) is 1.00. The van der Waals surface area contributed by atoms with Crippen LogP contribution in [0.4, 0.5) is 0 Å². The lowest BCUT2D eigenvalue weighted by molar-refractivity contribution is 0.589. The van der Waals surface area contributed by atoms with Gasteiger partial charge in [0.25, 0.3) is 0 Å². The maximum Gasteiger partial charge on any atom is 0.0201 e. The van der Waals surface area contributed by atoms with Crippen LogP contribution >= 0.6 is 22.7 Å². The Labute approximate surface area is 71.5 Å². The minimum atomic E-state index is -0.538. The van der Waals surface area contributed by atoms with E-state index in [1.807, 2.05) is 0 Å². The van der Waals surface area contributed by atoms with Crippen LogP contribution in [0.5, 0.6) is 0 Å². The van der Waals surface area contributed by atoms with Crippen molar-refractivity contribution in [3.63, 3.8) is 0 Å². The highest BCUT2D eigenvalue weighted by Gasteiger charge is 2.19. The first-order valence-electron chi connectivity index (χ1n) is 3.35. The Bertz CT molecular complexity index is 105. The lowest BCUT2D eigenvalue weighted by atomic mass is 10.1. The molecule has 0 saturated carbocycles. The second-order valence-electron chi connectivity index (χ2n) is 4.03. The summed E-state index contributed by atoms with van der Waals surface area (Å²) in [7, 11) is -0.538. The molecule has 64 valence electrons. The first-order chi connectivity index (χ1) is 4.27. The van der Waals surface area contributed by atoms with Gasteiger partial charge in [0.05, 0.1) is 0 Å². The molecule has 0 saturated heterocycles. The third-order valence-corrected chi connectivity index (χ3v) is 5.43. The van der Waals surface area contributed by atoms with Gasteiger partial charge in [-0.25, -0.2) is 10.0 Å². The Kier molecular flexibility index (Phi) is 3.59. The van der Waals surface area contributed by atoms with Crippen molar-refractivity contribution in [1.29, 1.82) is 0 Å². The van der Waals surface area contributed by atoms with Gasteiger partial charge in [-0.15, -0.1) is 0 Å². The van der Waals surface area contributed by atoms with Gasteiger partial charge in [-0.3, -0.25) is 0 Å². The zero-order valence-electron chi connectivity index (χ0n) is 7.35.